The Bertz CT molecular complexity index is 526. The first-order valence-corrected chi connectivity index (χ1v) is 8.08. The summed E-state index contributed by atoms with van der Waals surface area (Å²) >= 11 is 0. The van der Waals surface area contributed by atoms with Crippen molar-refractivity contribution in [1.82, 2.24) is 9.80 Å². The monoisotopic (exact) mass is 302 g/mol. The van der Waals surface area contributed by atoms with Crippen molar-refractivity contribution in [3.05, 3.63) is 30.3 Å². The number of piperidine rings is 1. The van der Waals surface area contributed by atoms with E-state index >= 15 is 0 Å². The van der Waals surface area contributed by atoms with Gasteiger partial charge in [-0.3, -0.25) is 9.69 Å². The summed E-state index contributed by atoms with van der Waals surface area (Å²) in [5.74, 6) is 0.603. The van der Waals surface area contributed by atoms with E-state index in [4.69, 9.17) is 4.74 Å². The molecule has 22 heavy (non-hydrogen) atoms. The van der Waals surface area contributed by atoms with Crippen molar-refractivity contribution in [3.8, 4) is 5.75 Å². The molecule has 0 aromatic heterocycles. The molecule has 1 unspecified atom stereocenters. The Hall–Kier alpha value is -2.04. The van der Waals surface area contributed by atoms with Crippen LogP contribution in [0.4, 0.5) is 4.79 Å². The Morgan fingerprint density at radius 2 is 1.68 bits per heavy atom. The maximum atomic E-state index is 12.6. The van der Waals surface area contributed by atoms with Crippen LogP contribution in [0.5, 0.6) is 5.75 Å². The van der Waals surface area contributed by atoms with Gasteiger partial charge in [-0.1, -0.05) is 18.2 Å². The fourth-order valence-electron chi connectivity index (χ4n) is 3.21. The van der Waals surface area contributed by atoms with Gasteiger partial charge in [0.1, 0.15) is 11.8 Å². The van der Waals surface area contributed by atoms with Gasteiger partial charge in [-0.05, 0) is 44.2 Å². The molecule has 0 bridgehead atoms. The lowest BCUT2D eigenvalue weighted by atomic mass is 10.1. The zero-order valence-electron chi connectivity index (χ0n) is 12.7. The summed E-state index contributed by atoms with van der Waals surface area (Å²) in [4.78, 5) is 28.5. The number of ether oxygens (including phenoxy) is 1. The van der Waals surface area contributed by atoms with Crippen LogP contribution in [-0.2, 0) is 4.79 Å². The highest BCUT2D eigenvalue weighted by Gasteiger charge is 2.37. The van der Waals surface area contributed by atoms with Gasteiger partial charge >= 0.3 is 6.09 Å². The average molecular weight is 302 g/mol. The predicted molar refractivity (Wildman–Crippen MR) is 82.6 cm³/mol. The largest absolute Gasteiger partial charge is 0.415 e. The minimum absolute atomic E-state index is 0.0854. The minimum atomic E-state index is -0.418. The lowest BCUT2D eigenvalue weighted by Gasteiger charge is -2.32. The van der Waals surface area contributed by atoms with E-state index in [9.17, 15) is 9.59 Å². The Balaban J connectivity index is 1.64. The highest BCUT2D eigenvalue weighted by molar-refractivity contribution is 5.86. The highest BCUT2D eigenvalue weighted by atomic mass is 16.6. The van der Waals surface area contributed by atoms with Crippen molar-refractivity contribution in [3.63, 3.8) is 0 Å². The van der Waals surface area contributed by atoms with Gasteiger partial charge < -0.3 is 9.64 Å². The molecule has 3 rings (SSSR count). The fraction of sp³-hybridized carbons (Fsp3) is 0.529. The van der Waals surface area contributed by atoms with Gasteiger partial charge in [-0.25, -0.2) is 4.79 Å². The van der Waals surface area contributed by atoms with E-state index in [0.717, 1.165) is 38.8 Å². The molecule has 2 aliphatic rings. The Morgan fingerprint density at radius 1 is 0.955 bits per heavy atom. The van der Waals surface area contributed by atoms with Gasteiger partial charge in [0.15, 0.2) is 0 Å². The second-order valence-electron chi connectivity index (χ2n) is 5.92. The molecule has 2 amide bonds. The third-order valence-corrected chi connectivity index (χ3v) is 4.39. The number of carbonyl (C=O) groups excluding carboxylic acids is 2. The first-order chi connectivity index (χ1) is 10.8. The number of carbonyl (C=O) groups is 2. The fourth-order valence-corrected chi connectivity index (χ4v) is 3.21. The summed E-state index contributed by atoms with van der Waals surface area (Å²) in [6.07, 6.45) is 4.49. The molecule has 2 fully saturated rings. The summed E-state index contributed by atoms with van der Waals surface area (Å²) < 4.78 is 5.38. The van der Waals surface area contributed by atoms with Crippen LogP contribution in [0.3, 0.4) is 0 Å². The highest BCUT2D eigenvalue weighted by Crippen LogP contribution is 2.23. The molecule has 0 aliphatic carbocycles. The van der Waals surface area contributed by atoms with E-state index in [0.29, 0.717) is 12.3 Å². The normalized spacial score (nSPS) is 21.7. The third-order valence-electron chi connectivity index (χ3n) is 4.39. The lowest BCUT2D eigenvalue weighted by Crippen LogP contribution is -2.49. The van der Waals surface area contributed by atoms with E-state index in [1.807, 2.05) is 23.1 Å². The maximum absolute atomic E-state index is 12.6. The quantitative estimate of drug-likeness (QED) is 0.844. The van der Waals surface area contributed by atoms with Crippen molar-refractivity contribution < 1.29 is 14.3 Å². The maximum Gasteiger partial charge on any atom is 0.415 e. The van der Waals surface area contributed by atoms with Crippen LogP contribution in [0.25, 0.3) is 0 Å². The summed E-state index contributed by atoms with van der Waals surface area (Å²) in [5, 5.41) is 0. The van der Waals surface area contributed by atoms with Gasteiger partial charge in [0.2, 0.25) is 5.91 Å². The lowest BCUT2D eigenvalue weighted by molar-refractivity contribution is -0.136. The van der Waals surface area contributed by atoms with Gasteiger partial charge in [0.25, 0.3) is 0 Å². The van der Waals surface area contributed by atoms with Crippen LogP contribution in [0.15, 0.2) is 30.3 Å². The minimum Gasteiger partial charge on any atom is -0.410 e. The van der Waals surface area contributed by atoms with Gasteiger partial charge in [0, 0.05) is 19.6 Å². The van der Waals surface area contributed by atoms with E-state index < -0.39 is 6.09 Å². The molecular formula is C17H22N2O3. The number of benzene rings is 1. The van der Waals surface area contributed by atoms with Crippen molar-refractivity contribution in [2.24, 2.45) is 0 Å². The zero-order chi connectivity index (χ0) is 15.4. The Labute approximate surface area is 130 Å². The number of amides is 2. The predicted octanol–water partition coefficient (Wildman–Crippen LogP) is 2.66. The second-order valence-corrected chi connectivity index (χ2v) is 5.92. The van der Waals surface area contributed by atoms with Crippen LogP contribution < -0.4 is 4.74 Å². The SMILES string of the molecule is O=C(C1CCCN1C(=O)Oc1ccccc1)N1CCCCC1. The van der Waals surface area contributed by atoms with Gasteiger partial charge in [-0.2, -0.15) is 0 Å². The van der Waals surface area contributed by atoms with Crippen molar-refractivity contribution in [1.29, 1.82) is 0 Å². The standard InChI is InChI=1S/C17H22N2O3/c20-16(18-11-5-2-6-12-18)15-10-7-13-19(15)17(21)22-14-8-3-1-4-9-14/h1,3-4,8-9,15H,2,5-7,10-13H2. The molecule has 118 valence electrons. The number of likely N-dealkylation sites (tertiary alicyclic amines) is 2. The van der Waals surface area contributed by atoms with Crippen LogP contribution in [0, 0.1) is 0 Å². The molecule has 1 atom stereocenters. The number of hydrogen-bond donors (Lipinski definition) is 0. The van der Waals surface area contributed by atoms with Crippen LogP contribution in [0.1, 0.15) is 32.1 Å². The van der Waals surface area contributed by atoms with Crippen LogP contribution >= 0.6 is 0 Å². The third kappa shape index (κ3) is 3.24. The molecule has 2 heterocycles. The molecule has 0 radical (unpaired) electrons. The van der Waals surface area contributed by atoms with Crippen molar-refractivity contribution in [2.45, 2.75) is 38.1 Å². The molecule has 1 aromatic rings. The Morgan fingerprint density at radius 3 is 2.41 bits per heavy atom. The number of rotatable bonds is 2. The second kappa shape index (κ2) is 6.81. The van der Waals surface area contributed by atoms with Gasteiger partial charge in [-0.15, -0.1) is 0 Å². The smallest absolute Gasteiger partial charge is 0.410 e. The van der Waals surface area contributed by atoms with E-state index in [1.54, 1.807) is 17.0 Å². The molecule has 0 spiro atoms. The molecule has 5 heteroatoms. The van der Waals surface area contributed by atoms with E-state index in [1.165, 1.54) is 6.42 Å². The van der Waals surface area contributed by atoms with E-state index in [2.05, 4.69) is 0 Å². The van der Waals surface area contributed by atoms with Gasteiger partial charge in [0.05, 0.1) is 0 Å². The summed E-state index contributed by atoms with van der Waals surface area (Å²) in [7, 11) is 0. The molecule has 1 aromatic carbocycles. The number of para-hydroxylation sites is 1. The Kier molecular flexibility index (Phi) is 4.61. The summed E-state index contributed by atoms with van der Waals surface area (Å²) in [5.41, 5.74) is 0. The van der Waals surface area contributed by atoms with Crippen LogP contribution in [-0.4, -0.2) is 47.5 Å². The van der Waals surface area contributed by atoms with Crippen molar-refractivity contribution >= 4 is 12.0 Å². The summed E-state index contributed by atoms with van der Waals surface area (Å²) in [6.45, 7) is 2.23. The van der Waals surface area contributed by atoms with Crippen molar-refractivity contribution in [2.75, 3.05) is 19.6 Å². The number of hydrogen-bond acceptors (Lipinski definition) is 3. The molecule has 0 saturated carbocycles. The molecule has 0 N–H and O–H groups in total. The first-order valence-electron chi connectivity index (χ1n) is 8.08. The molecule has 2 saturated heterocycles. The molecule has 5 nitrogen and oxygen atoms in total. The van der Waals surface area contributed by atoms with Crippen LogP contribution in [0.2, 0.25) is 0 Å². The average Bonchev–Trinajstić information content (AvgIpc) is 3.05. The summed E-state index contributed by atoms with van der Waals surface area (Å²) in [6, 6.07) is 8.65. The number of nitrogens with zero attached hydrogens (tertiary/aromatic N) is 2. The molecular weight excluding hydrogens is 280 g/mol. The van der Waals surface area contributed by atoms with E-state index in [-0.39, 0.29) is 11.9 Å². The first kappa shape index (κ1) is 14.9. The zero-order valence-corrected chi connectivity index (χ0v) is 12.7. The topological polar surface area (TPSA) is 49.9 Å². The molecule has 2 aliphatic heterocycles.